The summed E-state index contributed by atoms with van der Waals surface area (Å²) in [4.78, 5) is 16.4. The minimum absolute atomic E-state index is 0.124. The normalized spacial score (nSPS) is 15.3. The van der Waals surface area contributed by atoms with Gasteiger partial charge in [-0.3, -0.25) is 4.90 Å². The van der Waals surface area contributed by atoms with Crippen LogP contribution in [0.15, 0.2) is 48.5 Å². The van der Waals surface area contributed by atoms with E-state index in [2.05, 4.69) is 10.2 Å². The lowest BCUT2D eigenvalue weighted by molar-refractivity contribution is 0.105. The van der Waals surface area contributed by atoms with Gasteiger partial charge in [0, 0.05) is 30.3 Å². The van der Waals surface area contributed by atoms with Crippen LogP contribution in [0.2, 0.25) is 5.02 Å². The Kier molecular flexibility index (Phi) is 5.33. The van der Waals surface area contributed by atoms with Crippen LogP contribution in [-0.2, 0) is 6.54 Å². The molecule has 0 aliphatic carbocycles. The summed E-state index contributed by atoms with van der Waals surface area (Å²) < 4.78 is 13.0. The number of nitrogens with zero attached hydrogens (tertiary/aromatic N) is 2. The van der Waals surface area contributed by atoms with E-state index in [4.69, 9.17) is 11.6 Å². The van der Waals surface area contributed by atoms with Crippen LogP contribution in [-0.4, -0.2) is 35.6 Å². The molecule has 24 heavy (non-hydrogen) atoms. The zero-order chi connectivity index (χ0) is 16.9. The second-order valence-electron chi connectivity index (χ2n) is 5.87. The number of halogens is 2. The topological polar surface area (TPSA) is 35.6 Å². The van der Waals surface area contributed by atoms with Crippen LogP contribution in [0.1, 0.15) is 12.0 Å². The number of nitrogens with one attached hydrogen (secondary N) is 1. The van der Waals surface area contributed by atoms with Gasteiger partial charge in [0.1, 0.15) is 5.82 Å². The average molecular weight is 348 g/mol. The van der Waals surface area contributed by atoms with E-state index in [1.165, 1.54) is 12.1 Å². The van der Waals surface area contributed by atoms with Gasteiger partial charge in [-0.25, -0.2) is 9.18 Å². The van der Waals surface area contributed by atoms with Gasteiger partial charge in [0.2, 0.25) is 0 Å². The number of rotatable bonds is 3. The standard InChI is InChI=1S/C18H19ClFN3O/c19-15-4-8-17(9-5-15)21-18(24)23-11-1-10-22(13-23)12-14-2-6-16(20)7-3-14/h2-9H,1,10-13H2,(H,21,24). The summed E-state index contributed by atoms with van der Waals surface area (Å²) in [7, 11) is 0. The molecule has 0 unspecified atom stereocenters. The Hall–Kier alpha value is -2.11. The van der Waals surface area contributed by atoms with Crippen LogP contribution in [0.25, 0.3) is 0 Å². The summed E-state index contributed by atoms with van der Waals surface area (Å²) in [6, 6.07) is 13.4. The second-order valence-corrected chi connectivity index (χ2v) is 6.31. The van der Waals surface area contributed by atoms with Gasteiger partial charge < -0.3 is 10.2 Å². The molecule has 0 spiro atoms. The predicted octanol–water partition coefficient (Wildman–Crippen LogP) is 4.18. The summed E-state index contributed by atoms with van der Waals surface area (Å²) >= 11 is 5.85. The van der Waals surface area contributed by atoms with Gasteiger partial charge in [-0.2, -0.15) is 0 Å². The molecule has 2 aromatic rings. The van der Waals surface area contributed by atoms with E-state index in [1.807, 2.05) is 0 Å². The SMILES string of the molecule is O=C(Nc1ccc(Cl)cc1)N1CCCN(Cc2ccc(F)cc2)C1. The van der Waals surface area contributed by atoms with Gasteiger partial charge in [0.15, 0.2) is 0 Å². The molecule has 0 radical (unpaired) electrons. The number of benzene rings is 2. The molecule has 4 nitrogen and oxygen atoms in total. The Morgan fingerprint density at radius 1 is 1.08 bits per heavy atom. The van der Waals surface area contributed by atoms with Crippen LogP contribution < -0.4 is 5.32 Å². The van der Waals surface area contributed by atoms with Crippen molar-refractivity contribution in [3.63, 3.8) is 0 Å². The average Bonchev–Trinajstić information content (AvgIpc) is 2.59. The van der Waals surface area contributed by atoms with Crippen molar-refractivity contribution in [3.05, 3.63) is 64.9 Å². The molecule has 6 heteroatoms. The Morgan fingerprint density at radius 2 is 1.79 bits per heavy atom. The molecular formula is C18H19ClFN3O. The van der Waals surface area contributed by atoms with Crippen molar-refractivity contribution in [2.24, 2.45) is 0 Å². The van der Waals surface area contributed by atoms with Crippen molar-refractivity contribution < 1.29 is 9.18 Å². The Labute approximate surface area is 145 Å². The summed E-state index contributed by atoms with van der Waals surface area (Å²) in [5.74, 6) is -0.235. The summed E-state index contributed by atoms with van der Waals surface area (Å²) in [6.45, 7) is 2.89. The molecule has 1 aliphatic heterocycles. The van der Waals surface area contributed by atoms with E-state index < -0.39 is 0 Å². The Bertz CT molecular complexity index is 690. The fraction of sp³-hybridized carbons (Fsp3) is 0.278. The maximum Gasteiger partial charge on any atom is 0.322 e. The summed E-state index contributed by atoms with van der Waals surface area (Å²) in [5, 5.41) is 3.52. The van der Waals surface area contributed by atoms with Gasteiger partial charge in [-0.15, -0.1) is 0 Å². The molecule has 0 atom stereocenters. The van der Waals surface area contributed by atoms with Gasteiger partial charge in [0.25, 0.3) is 0 Å². The van der Waals surface area contributed by atoms with E-state index in [9.17, 15) is 9.18 Å². The van der Waals surface area contributed by atoms with Crippen LogP contribution in [0.4, 0.5) is 14.9 Å². The van der Waals surface area contributed by atoms with Gasteiger partial charge in [-0.1, -0.05) is 23.7 Å². The maximum atomic E-state index is 13.0. The molecule has 1 N–H and O–H groups in total. The molecule has 1 aliphatic rings. The molecule has 0 bridgehead atoms. The van der Waals surface area contributed by atoms with Crippen LogP contribution >= 0.6 is 11.6 Å². The number of hydrogen-bond acceptors (Lipinski definition) is 2. The number of hydrogen-bond donors (Lipinski definition) is 1. The first-order valence-electron chi connectivity index (χ1n) is 7.88. The fourth-order valence-electron chi connectivity index (χ4n) is 2.75. The number of urea groups is 1. The van der Waals surface area contributed by atoms with Gasteiger partial charge >= 0.3 is 6.03 Å². The van der Waals surface area contributed by atoms with E-state index in [-0.39, 0.29) is 11.8 Å². The third-order valence-electron chi connectivity index (χ3n) is 3.98. The van der Waals surface area contributed by atoms with Crippen molar-refractivity contribution in [1.82, 2.24) is 9.80 Å². The predicted molar refractivity (Wildman–Crippen MR) is 93.5 cm³/mol. The quantitative estimate of drug-likeness (QED) is 0.904. The van der Waals surface area contributed by atoms with Gasteiger partial charge in [0.05, 0.1) is 6.67 Å². The molecule has 1 fully saturated rings. The van der Waals surface area contributed by atoms with E-state index in [1.54, 1.807) is 41.3 Å². The van der Waals surface area contributed by atoms with E-state index in [0.29, 0.717) is 18.2 Å². The molecule has 1 saturated heterocycles. The van der Waals surface area contributed by atoms with Crippen molar-refractivity contribution in [1.29, 1.82) is 0 Å². The van der Waals surface area contributed by atoms with E-state index >= 15 is 0 Å². The van der Waals surface area contributed by atoms with Crippen LogP contribution in [0, 0.1) is 5.82 Å². The Morgan fingerprint density at radius 3 is 2.50 bits per heavy atom. The Balaban J connectivity index is 1.57. The maximum absolute atomic E-state index is 13.0. The highest BCUT2D eigenvalue weighted by Crippen LogP contribution is 2.16. The smallest absolute Gasteiger partial charge is 0.311 e. The number of amides is 2. The first-order valence-corrected chi connectivity index (χ1v) is 8.26. The number of carbonyl (C=O) groups excluding carboxylic acids is 1. The number of anilines is 1. The zero-order valence-electron chi connectivity index (χ0n) is 13.2. The number of carbonyl (C=O) groups is 1. The molecule has 2 aromatic carbocycles. The first kappa shape index (κ1) is 16.7. The van der Waals surface area contributed by atoms with Crippen molar-refractivity contribution in [3.8, 4) is 0 Å². The molecule has 1 heterocycles. The highest BCUT2D eigenvalue weighted by atomic mass is 35.5. The molecule has 126 valence electrons. The first-order chi connectivity index (χ1) is 11.6. The lowest BCUT2D eigenvalue weighted by Gasteiger charge is -2.35. The second kappa shape index (κ2) is 7.64. The highest BCUT2D eigenvalue weighted by Gasteiger charge is 2.21. The summed E-state index contributed by atoms with van der Waals surface area (Å²) in [5.41, 5.74) is 1.76. The lowest BCUT2D eigenvalue weighted by Crippen LogP contribution is -2.48. The monoisotopic (exact) mass is 347 g/mol. The minimum Gasteiger partial charge on any atom is -0.311 e. The minimum atomic E-state index is -0.235. The largest absolute Gasteiger partial charge is 0.322 e. The summed E-state index contributed by atoms with van der Waals surface area (Å²) in [6.07, 6.45) is 0.912. The highest BCUT2D eigenvalue weighted by molar-refractivity contribution is 6.30. The molecular weight excluding hydrogens is 329 g/mol. The van der Waals surface area contributed by atoms with Crippen molar-refractivity contribution >= 4 is 23.3 Å². The van der Waals surface area contributed by atoms with Crippen molar-refractivity contribution in [2.75, 3.05) is 25.1 Å². The third-order valence-corrected chi connectivity index (χ3v) is 4.23. The van der Waals surface area contributed by atoms with Gasteiger partial charge in [-0.05, 0) is 48.4 Å². The zero-order valence-corrected chi connectivity index (χ0v) is 14.0. The molecule has 0 aromatic heterocycles. The molecule has 0 saturated carbocycles. The van der Waals surface area contributed by atoms with E-state index in [0.717, 1.165) is 30.8 Å². The fourth-order valence-corrected chi connectivity index (χ4v) is 2.87. The van der Waals surface area contributed by atoms with Crippen molar-refractivity contribution in [2.45, 2.75) is 13.0 Å². The molecule has 2 amide bonds. The van der Waals surface area contributed by atoms with Crippen LogP contribution in [0.3, 0.4) is 0 Å². The van der Waals surface area contributed by atoms with Crippen LogP contribution in [0.5, 0.6) is 0 Å². The third kappa shape index (κ3) is 4.46. The molecule has 3 rings (SSSR count). The lowest BCUT2D eigenvalue weighted by atomic mass is 10.2.